The predicted molar refractivity (Wildman–Crippen MR) is 243 cm³/mol. The number of hydrogen-bond acceptors (Lipinski definition) is 12. The van der Waals surface area contributed by atoms with E-state index < -0.39 is 11.9 Å². The molecule has 5 aliphatic rings. The lowest BCUT2D eigenvalue weighted by atomic mass is 9.79. The van der Waals surface area contributed by atoms with E-state index in [1.807, 2.05) is 44.2 Å². The van der Waals surface area contributed by atoms with Crippen LogP contribution in [0.3, 0.4) is 0 Å². The number of halogens is 2. The average Bonchev–Trinajstić information content (AvgIpc) is 3.61. The first kappa shape index (κ1) is 43.9. The Kier molecular flexibility index (Phi) is 12.6. The molecule has 0 spiro atoms. The molecule has 4 aromatic rings. The number of aromatic nitrogens is 3. The minimum atomic E-state index is -0.660. The fourth-order valence-electron chi connectivity index (χ4n) is 9.97. The number of likely N-dealkylation sites (N-methyl/N-ethyl adjacent to an activating group) is 1. The Morgan fingerprint density at radius 2 is 1.72 bits per heavy atom. The van der Waals surface area contributed by atoms with Gasteiger partial charge in [0, 0.05) is 85.5 Å². The van der Waals surface area contributed by atoms with Crippen LogP contribution in [0.15, 0.2) is 47.4 Å². The number of nitrogens with one attached hydrogen (secondary N) is 3. The molecule has 0 bridgehead atoms. The second-order valence-corrected chi connectivity index (χ2v) is 18.6. The lowest BCUT2D eigenvalue weighted by molar-refractivity contribution is -0.137. The number of carbonyl (C=O) groups excluding carboxylic acids is 4. The monoisotopic (exact) mass is 913 g/mol. The summed E-state index contributed by atoms with van der Waals surface area (Å²) in [6.45, 7) is 7.22. The predicted octanol–water partition coefficient (Wildman–Crippen LogP) is 5.70. The zero-order valence-corrected chi connectivity index (χ0v) is 37.7. The van der Waals surface area contributed by atoms with Crippen LogP contribution in [0.25, 0.3) is 10.9 Å². The van der Waals surface area contributed by atoms with Gasteiger partial charge in [-0.2, -0.15) is 4.98 Å². The molecule has 338 valence electrons. The summed E-state index contributed by atoms with van der Waals surface area (Å²) in [7, 11) is 1.51. The highest BCUT2D eigenvalue weighted by Gasteiger charge is 2.42. The molecule has 1 saturated carbocycles. The molecule has 2 aromatic heterocycles. The van der Waals surface area contributed by atoms with E-state index in [0.717, 1.165) is 86.7 Å². The number of carbonyl (C=O) groups is 4. The number of benzene rings is 2. The number of rotatable bonds is 12. The molecule has 4 aliphatic heterocycles. The Morgan fingerprint density at radius 3 is 2.44 bits per heavy atom. The number of piperidine rings is 2. The van der Waals surface area contributed by atoms with Crippen LogP contribution in [-0.2, 0) is 25.7 Å². The number of ether oxygens (including phenoxy) is 2. The van der Waals surface area contributed by atoms with Crippen molar-refractivity contribution < 1.29 is 28.7 Å². The molecule has 4 fully saturated rings. The van der Waals surface area contributed by atoms with Gasteiger partial charge in [-0.05, 0) is 101 Å². The van der Waals surface area contributed by atoms with Crippen molar-refractivity contribution in [3.8, 4) is 5.75 Å². The van der Waals surface area contributed by atoms with Crippen LogP contribution in [0.1, 0.15) is 98.7 Å². The lowest BCUT2D eigenvalue weighted by Gasteiger charge is -2.47. The second-order valence-electron chi connectivity index (χ2n) is 17.8. The molecular formula is C46H53Cl2N9O7. The number of imide groups is 1. The molecule has 6 heterocycles. The molecule has 4 amide bonds. The molecule has 3 N–H and O–H groups in total. The van der Waals surface area contributed by atoms with Gasteiger partial charge in [0.1, 0.15) is 11.1 Å². The molecule has 64 heavy (non-hydrogen) atoms. The molecule has 1 unspecified atom stereocenters. The van der Waals surface area contributed by atoms with Gasteiger partial charge in [0.05, 0.1) is 23.9 Å². The highest BCUT2D eigenvalue weighted by molar-refractivity contribution is 6.33. The van der Waals surface area contributed by atoms with Gasteiger partial charge >= 0.3 is 0 Å². The number of nitrogens with zero attached hydrogens (tertiary/aromatic N) is 6. The van der Waals surface area contributed by atoms with Crippen molar-refractivity contribution in [3.63, 3.8) is 0 Å². The van der Waals surface area contributed by atoms with Crippen molar-refractivity contribution in [2.75, 3.05) is 50.1 Å². The van der Waals surface area contributed by atoms with Crippen LogP contribution in [0, 0.1) is 0 Å². The smallest absolute Gasteiger partial charge is 0.293 e. The fourth-order valence-corrected chi connectivity index (χ4v) is 10.5. The van der Waals surface area contributed by atoms with Gasteiger partial charge < -0.3 is 34.5 Å². The van der Waals surface area contributed by atoms with E-state index in [0.29, 0.717) is 51.4 Å². The second kappa shape index (κ2) is 18.3. The minimum absolute atomic E-state index is 0.0916. The third kappa shape index (κ3) is 8.76. The van der Waals surface area contributed by atoms with Crippen LogP contribution in [0.4, 0.5) is 17.5 Å². The number of hydrogen-bond donors (Lipinski definition) is 3. The number of fused-ring (bicyclic) bond motifs is 2. The fraction of sp³-hybridized carbons (Fsp3) is 0.500. The van der Waals surface area contributed by atoms with E-state index in [-0.39, 0.29) is 66.9 Å². The van der Waals surface area contributed by atoms with Gasteiger partial charge in [0.15, 0.2) is 18.2 Å². The Balaban J connectivity index is 0.746. The number of likely N-dealkylation sites (tertiary alicyclic amines) is 1. The number of amides is 4. The summed E-state index contributed by atoms with van der Waals surface area (Å²) >= 11 is 13.6. The van der Waals surface area contributed by atoms with Gasteiger partial charge in [-0.15, -0.1) is 0 Å². The molecule has 18 heteroatoms. The van der Waals surface area contributed by atoms with Crippen molar-refractivity contribution in [2.24, 2.45) is 0 Å². The summed E-state index contributed by atoms with van der Waals surface area (Å²) in [6.07, 6.45) is 8.41. The van der Waals surface area contributed by atoms with E-state index in [9.17, 15) is 24.0 Å². The largest absolute Gasteiger partial charge is 0.478 e. The van der Waals surface area contributed by atoms with Crippen LogP contribution in [0.5, 0.6) is 5.75 Å². The van der Waals surface area contributed by atoms with E-state index in [2.05, 4.69) is 30.7 Å². The third-order valence-electron chi connectivity index (χ3n) is 13.5. The summed E-state index contributed by atoms with van der Waals surface area (Å²) in [5, 5.41) is 9.96. The van der Waals surface area contributed by atoms with Gasteiger partial charge in [-0.3, -0.25) is 34.2 Å². The van der Waals surface area contributed by atoms with Crippen molar-refractivity contribution in [1.82, 2.24) is 35.0 Å². The first-order valence-corrected chi connectivity index (χ1v) is 23.0. The minimum Gasteiger partial charge on any atom is -0.478 e. The zero-order valence-electron chi connectivity index (χ0n) is 36.2. The van der Waals surface area contributed by atoms with Gasteiger partial charge in [-0.25, -0.2) is 4.98 Å². The van der Waals surface area contributed by atoms with Crippen LogP contribution >= 0.6 is 23.2 Å². The van der Waals surface area contributed by atoms with Crippen LogP contribution in [-0.4, -0.2) is 112 Å². The van der Waals surface area contributed by atoms with Gasteiger partial charge in [-0.1, -0.05) is 29.3 Å². The Bertz CT molecular complexity index is 2550. The molecular weight excluding hydrogens is 861 g/mol. The summed E-state index contributed by atoms with van der Waals surface area (Å²) in [4.78, 5) is 78.2. The third-order valence-corrected chi connectivity index (χ3v) is 14.2. The molecule has 1 atom stereocenters. The van der Waals surface area contributed by atoms with Crippen LogP contribution < -0.4 is 31.1 Å². The Labute approximate surface area is 380 Å². The van der Waals surface area contributed by atoms with Crippen molar-refractivity contribution in [1.29, 1.82) is 0 Å². The molecule has 16 nitrogen and oxygen atoms in total. The van der Waals surface area contributed by atoms with Crippen molar-refractivity contribution in [2.45, 2.75) is 108 Å². The normalized spacial score (nSPS) is 22.2. The maximum absolute atomic E-state index is 13.3. The zero-order chi connectivity index (χ0) is 44.8. The summed E-state index contributed by atoms with van der Waals surface area (Å²) in [5.41, 5.74) is 3.56. The maximum Gasteiger partial charge on any atom is 0.293 e. The first-order valence-electron chi connectivity index (χ1n) is 22.3. The SMILES string of the molecule is CNC(=O)COc1cc2cc(Nc3nc(N4CCC(OC5CN([C@H]6CC[C@H](c7ccc8c(c7Cl)CN(C7CCC(=O)NC7=O)C8=O)CC6)C5)CC4)ncc3Cl)ccc2n(C(C)C)c1=O. The van der Waals surface area contributed by atoms with E-state index in [4.69, 9.17) is 37.7 Å². The van der Waals surface area contributed by atoms with Crippen LogP contribution in [0.2, 0.25) is 10.0 Å². The summed E-state index contributed by atoms with van der Waals surface area (Å²) in [5.74, 6) is 0.189. The molecule has 3 saturated heterocycles. The molecule has 1 aliphatic carbocycles. The molecule has 0 radical (unpaired) electrons. The summed E-state index contributed by atoms with van der Waals surface area (Å²) < 4.78 is 13.9. The standard InChI is InChI=1S/C46H53Cl2N9O7/c1-25(2)57-36-11-6-28(18-27(36)19-38(45(57)62)63-24-40(59)49-3)51-42-35(47)20-50-46(53-42)54-16-14-30(15-17-54)64-31-21-55(22-31)29-7-4-26(5-8-29)32-9-10-33-34(41(32)48)23-56(44(33)61)37-12-13-39(58)52-43(37)60/h6,9-11,18-20,25-26,29-31,37H,4-5,7-8,12-17,21-24H2,1-3H3,(H,49,59)(H,50,51,53)(H,52,58,60)/t26-,29-,37?. The van der Waals surface area contributed by atoms with E-state index >= 15 is 0 Å². The quantitative estimate of drug-likeness (QED) is 0.148. The Hall–Kier alpha value is -5.29. The first-order chi connectivity index (χ1) is 30.8. The molecule has 9 rings (SSSR count). The Morgan fingerprint density at radius 1 is 0.953 bits per heavy atom. The number of pyridine rings is 1. The van der Waals surface area contributed by atoms with Crippen molar-refractivity contribution >= 4 is 75.2 Å². The maximum atomic E-state index is 13.3. The molecule has 2 aromatic carbocycles. The summed E-state index contributed by atoms with van der Waals surface area (Å²) in [6, 6.07) is 10.9. The topological polar surface area (TPSA) is 180 Å². The van der Waals surface area contributed by atoms with Crippen molar-refractivity contribution in [3.05, 3.63) is 79.7 Å². The van der Waals surface area contributed by atoms with E-state index in [1.165, 1.54) is 7.05 Å². The highest BCUT2D eigenvalue weighted by Crippen LogP contribution is 2.43. The lowest BCUT2D eigenvalue weighted by Crippen LogP contribution is -2.58. The highest BCUT2D eigenvalue weighted by atomic mass is 35.5. The number of anilines is 3. The van der Waals surface area contributed by atoms with E-state index in [1.54, 1.807) is 21.7 Å². The van der Waals surface area contributed by atoms with Gasteiger partial charge in [0.25, 0.3) is 17.4 Å². The van der Waals surface area contributed by atoms with Gasteiger partial charge in [0.2, 0.25) is 17.8 Å². The average molecular weight is 915 g/mol.